The fraction of sp³-hybridized carbons (Fsp3) is 0.167. The van der Waals surface area contributed by atoms with Gasteiger partial charge < -0.3 is 24.1 Å². The third-order valence-electron chi connectivity index (χ3n) is 3.61. The van der Waals surface area contributed by atoms with Crippen molar-refractivity contribution in [1.82, 2.24) is 0 Å². The van der Waals surface area contributed by atoms with E-state index in [1.807, 2.05) is 0 Å². The molecule has 1 N–H and O–H groups in total. The Labute approximate surface area is 138 Å². The van der Waals surface area contributed by atoms with Gasteiger partial charge in [-0.3, -0.25) is 4.79 Å². The number of rotatable bonds is 5. The number of carbonyl (C=O) groups is 1. The quantitative estimate of drug-likeness (QED) is 0.672. The van der Waals surface area contributed by atoms with Gasteiger partial charge in [-0.05, 0) is 35.9 Å². The van der Waals surface area contributed by atoms with E-state index in [1.165, 1.54) is 12.1 Å². The molecule has 0 spiro atoms. The number of fused-ring (bicyclic) bond motifs is 1. The van der Waals surface area contributed by atoms with Crippen LogP contribution in [0, 0.1) is 0 Å². The Hall–Kier alpha value is -3.15. The van der Waals surface area contributed by atoms with Crippen molar-refractivity contribution in [3.8, 4) is 28.7 Å². The molecule has 0 radical (unpaired) electrons. The molecular weight excluding hydrogens is 312 g/mol. The summed E-state index contributed by atoms with van der Waals surface area (Å²) in [6.07, 6.45) is 3.01. The van der Waals surface area contributed by atoms with Gasteiger partial charge in [0, 0.05) is 0 Å². The van der Waals surface area contributed by atoms with Gasteiger partial charge in [0.2, 0.25) is 12.5 Å². The fourth-order valence-corrected chi connectivity index (χ4v) is 2.37. The van der Waals surface area contributed by atoms with Crippen molar-refractivity contribution in [2.45, 2.75) is 0 Å². The maximum absolute atomic E-state index is 12.3. The summed E-state index contributed by atoms with van der Waals surface area (Å²) in [4.78, 5) is 12.3. The Morgan fingerprint density at radius 3 is 2.67 bits per heavy atom. The van der Waals surface area contributed by atoms with E-state index in [0.29, 0.717) is 17.2 Å². The number of aromatic hydroxyl groups is 1. The van der Waals surface area contributed by atoms with Gasteiger partial charge in [0.15, 0.2) is 28.8 Å². The average molecular weight is 328 g/mol. The lowest BCUT2D eigenvalue weighted by molar-refractivity contribution is 0.104. The van der Waals surface area contributed by atoms with Crippen molar-refractivity contribution in [2.75, 3.05) is 21.0 Å². The van der Waals surface area contributed by atoms with Crippen LogP contribution in [0.3, 0.4) is 0 Å². The van der Waals surface area contributed by atoms with Crippen LogP contribution >= 0.6 is 0 Å². The number of ketones is 1. The summed E-state index contributed by atoms with van der Waals surface area (Å²) in [5.41, 5.74) is 0.914. The third-order valence-corrected chi connectivity index (χ3v) is 3.61. The van der Waals surface area contributed by atoms with E-state index < -0.39 is 0 Å². The number of benzene rings is 2. The van der Waals surface area contributed by atoms with Crippen LogP contribution in [0.1, 0.15) is 15.9 Å². The van der Waals surface area contributed by atoms with Gasteiger partial charge >= 0.3 is 0 Å². The standard InChI is InChI=1S/C18H16O6/c1-21-14-7-4-11(9-16(14)22-2)3-6-13(19)12-5-8-15-18(17(12)20)24-10-23-15/h3-9,20H,10H2,1-2H3/b6-3+. The molecule has 0 aromatic heterocycles. The molecule has 1 aliphatic heterocycles. The van der Waals surface area contributed by atoms with E-state index in [0.717, 1.165) is 5.56 Å². The minimum Gasteiger partial charge on any atom is -0.504 e. The van der Waals surface area contributed by atoms with Crippen molar-refractivity contribution in [3.05, 3.63) is 47.5 Å². The average Bonchev–Trinajstić information content (AvgIpc) is 3.09. The number of methoxy groups -OCH3 is 2. The second-order valence-corrected chi connectivity index (χ2v) is 5.01. The number of phenols is 1. The number of hydrogen-bond acceptors (Lipinski definition) is 6. The number of hydrogen-bond donors (Lipinski definition) is 1. The Bertz CT molecular complexity index is 809. The Balaban J connectivity index is 1.84. The van der Waals surface area contributed by atoms with Crippen molar-refractivity contribution in [2.24, 2.45) is 0 Å². The fourth-order valence-electron chi connectivity index (χ4n) is 2.37. The highest BCUT2D eigenvalue weighted by molar-refractivity contribution is 6.09. The normalized spacial score (nSPS) is 12.4. The summed E-state index contributed by atoms with van der Waals surface area (Å²) in [5, 5.41) is 10.1. The lowest BCUT2D eigenvalue weighted by Gasteiger charge is -2.07. The van der Waals surface area contributed by atoms with E-state index >= 15 is 0 Å². The third kappa shape index (κ3) is 2.86. The molecule has 6 nitrogen and oxygen atoms in total. The summed E-state index contributed by atoms with van der Waals surface area (Å²) in [5.74, 6) is 1.23. The van der Waals surface area contributed by atoms with Crippen LogP contribution in [0.2, 0.25) is 0 Å². The highest BCUT2D eigenvalue weighted by Crippen LogP contribution is 2.42. The van der Waals surface area contributed by atoms with E-state index in [-0.39, 0.29) is 29.6 Å². The largest absolute Gasteiger partial charge is 0.504 e. The summed E-state index contributed by atoms with van der Waals surface area (Å²) in [6, 6.07) is 8.40. The molecule has 2 aromatic carbocycles. The zero-order chi connectivity index (χ0) is 17.1. The minimum absolute atomic E-state index is 0.0298. The number of allylic oxidation sites excluding steroid dienone is 1. The van der Waals surface area contributed by atoms with Crippen LogP contribution in [-0.2, 0) is 0 Å². The highest BCUT2D eigenvalue weighted by atomic mass is 16.7. The number of carbonyl (C=O) groups excluding carboxylic acids is 1. The van der Waals surface area contributed by atoms with Crippen LogP contribution in [0.4, 0.5) is 0 Å². The molecule has 3 rings (SSSR count). The van der Waals surface area contributed by atoms with Crippen LogP contribution in [0.25, 0.3) is 6.08 Å². The Kier molecular flexibility index (Phi) is 4.29. The molecule has 0 saturated heterocycles. The first kappa shape index (κ1) is 15.7. The second-order valence-electron chi connectivity index (χ2n) is 5.01. The zero-order valence-electron chi connectivity index (χ0n) is 13.2. The maximum Gasteiger partial charge on any atom is 0.231 e. The van der Waals surface area contributed by atoms with Gasteiger partial charge in [0.05, 0.1) is 19.8 Å². The zero-order valence-corrected chi connectivity index (χ0v) is 13.2. The highest BCUT2D eigenvalue weighted by Gasteiger charge is 2.22. The molecule has 1 aliphatic rings. The van der Waals surface area contributed by atoms with Crippen LogP contribution in [0.5, 0.6) is 28.7 Å². The van der Waals surface area contributed by atoms with Crippen LogP contribution in [0.15, 0.2) is 36.4 Å². The molecule has 0 saturated carbocycles. The van der Waals surface area contributed by atoms with Crippen molar-refractivity contribution in [1.29, 1.82) is 0 Å². The first-order chi connectivity index (χ1) is 11.6. The van der Waals surface area contributed by atoms with Crippen LogP contribution < -0.4 is 18.9 Å². The molecule has 0 unspecified atom stereocenters. The maximum atomic E-state index is 12.3. The predicted molar refractivity (Wildman–Crippen MR) is 87.1 cm³/mol. The van der Waals surface area contributed by atoms with E-state index in [2.05, 4.69) is 0 Å². The summed E-state index contributed by atoms with van der Waals surface area (Å²) < 4.78 is 20.7. The molecule has 0 aliphatic carbocycles. The van der Waals surface area contributed by atoms with Gasteiger partial charge in [0.1, 0.15) is 0 Å². The Morgan fingerprint density at radius 1 is 1.12 bits per heavy atom. The van der Waals surface area contributed by atoms with Crippen molar-refractivity contribution < 1.29 is 28.8 Å². The molecule has 6 heteroatoms. The molecule has 0 bridgehead atoms. The lowest BCUT2D eigenvalue weighted by Crippen LogP contribution is -1.96. The Morgan fingerprint density at radius 2 is 1.92 bits per heavy atom. The summed E-state index contributed by atoms with van der Waals surface area (Å²) in [7, 11) is 3.10. The molecule has 1 heterocycles. The predicted octanol–water partition coefficient (Wildman–Crippen LogP) is 3.03. The molecule has 0 atom stereocenters. The van der Waals surface area contributed by atoms with Gasteiger partial charge in [-0.1, -0.05) is 12.1 Å². The minimum atomic E-state index is -0.347. The van der Waals surface area contributed by atoms with Crippen molar-refractivity contribution >= 4 is 11.9 Å². The molecular formula is C18H16O6. The second kappa shape index (κ2) is 6.54. The monoisotopic (exact) mass is 328 g/mol. The topological polar surface area (TPSA) is 74.2 Å². The molecule has 0 amide bonds. The van der Waals surface area contributed by atoms with Gasteiger partial charge in [-0.15, -0.1) is 0 Å². The summed E-state index contributed by atoms with van der Waals surface area (Å²) in [6.45, 7) is 0.0298. The number of ether oxygens (including phenoxy) is 4. The SMILES string of the molecule is COc1ccc(/C=C/C(=O)c2ccc3c(c2O)OCO3)cc1OC. The van der Waals surface area contributed by atoms with Crippen molar-refractivity contribution in [3.63, 3.8) is 0 Å². The van der Waals surface area contributed by atoms with Gasteiger partial charge in [0.25, 0.3) is 0 Å². The number of phenolic OH excluding ortho intramolecular Hbond substituents is 1. The van der Waals surface area contributed by atoms with Gasteiger partial charge in [-0.2, -0.15) is 0 Å². The first-order valence-corrected chi connectivity index (χ1v) is 7.20. The smallest absolute Gasteiger partial charge is 0.231 e. The van der Waals surface area contributed by atoms with E-state index in [9.17, 15) is 9.90 Å². The molecule has 2 aromatic rings. The lowest BCUT2D eigenvalue weighted by atomic mass is 10.1. The molecule has 0 fully saturated rings. The molecule has 124 valence electrons. The van der Waals surface area contributed by atoms with E-state index in [4.69, 9.17) is 18.9 Å². The summed E-state index contributed by atoms with van der Waals surface area (Å²) >= 11 is 0. The van der Waals surface area contributed by atoms with Crippen LogP contribution in [-0.4, -0.2) is 31.9 Å². The first-order valence-electron chi connectivity index (χ1n) is 7.20. The molecule has 24 heavy (non-hydrogen) atoms. The van der Waals surface area contributed by atoms with Gasteiger partial charge in [-0.25, -0.2) is 0 Å². The van der Waals surface area contributed by atoms with E-state index in [1.54, 1.807) is 44.6 Å².